The molecule has 0 spiro atoms. The van der Waals surface area contributed by atoms with Crippen molar-refractivity contribution in [3.8, 4) is 11.3 Å². The summed E-state index contributed by atoms with van der Waals surface area (Å²) < 4.78 is 0. The quantitative estimate of drug-likeness (QED) is 0.606. The summed E-state index contributed by atoms with van der Waals surface area (Å²) in [5.74, 6) is 0.0515. The van der Waals surface area contributed by atoms with Crippen molar-refractivity contribution < 1.29 is 4.79 Å². The third kappa shape index (κ3) is 3.72. The molecule has 1 aliphatic heterocycles. The molecule has 28 heavy (non-hydrogen) atoms. The highest BCUT2D eigenvalue weighted by Crippen LogP contribution is 2.30. The predicted octanol–water partition coefficient (Wildman–Crippen LogP) is 4.99. The number of hydrogen-bond donors (Lipinski definition) is 0. The van der Waals surface area contributed by atoms with E-state index in [1.165, 1.54) is 0 Å². The summed E-state index contributed by atoms with van der Waals surface area (Å²) in [6, 6.07) is 15.0. The van der Waals surface area contributed by atoms with E-state index in [-0.39, 0.29) is 5.91 Å². The Morgan fingerprint density at radius 1 is 1.00 bits per heavy atom. The van der Waals surface area contributed by atoms with Crippen LogP contribution in [0.25, 0.3) is 22.2 Å². The van der Waals surface area contributed by atoms with E-state index in [4.69, 9.17) is 28.2 Å². The minimum absolute atomic E-state index is 0.0515. The lowest BCUT2D eigenvalue weighted by atomic mass is 10.0. The van der Waals surface area contributed by atoms with Crippen molar-refractivity contribution in [1.29, 1.82) is 0 Å². The molecule has 1 aromatic heterocycles. The first kappa shape index (κ1) is 19.2. The second kappa shape index (κ2) is 8.08. The molecular weight excluding hydrogens is 393 g/mol. The molecule has 4 rings (SSSR count). The number of piperazine rings is 1. The predicted molar refractivity (Wildman–Crippen MR) is 115 cm³/mol. The van der Waals surface area contributed by atoms with Crippen LogP contribution in [0.1, 0.15) is 17.3 Å². The van der Waals surface area contributed by atoms with Gasteiger partial charge in [0, 0.05) is 37.1 Å². The number of benzene rings is 2. The molecule has 2 heterocycles. The molecule has 0 radical (unpaired) electrons. The molecule has 3 aromatic rings. The fourth-order valence-electron chi connectivity index (χ4n) is 3.59. The van der Waals surface area contributed by atoms with Crippen LogP contribution in [0.4, 0.5) is 0 Å². The van der Waals surface area contributed by atoms with Gasteiger partial charge in [0.2, 0.25) is 0 Å². The van der Waals surface area contributed by atoms with E-state index in [2.05, 4.69) is 11.8 Å². The zero-order chi connectivity index (χ0) is 19.7. The molecular formula is C22H21Cl2N3O. The number of aromatic nitrogens is 1. The van der Waals surface area contributed by atoms with Gasteiger partial charge in [-0.25, -0.2) is 4.98 Å². The van der Waals surface area contributed by atoms with Crippen molar-refractivity contribution >= 4 is 40.0 Å². The van der Waals surface area contributed by atoms with Gasteiger partial charge in [-0.15, -0.1) is 0 Å². The maximum absolute atomic E-state index is 13.3. The minimum Gasteiger partial charge on any atom is -0.336 e. The maximum Gasteiger partial charge on any atom is 0.254 e. The van der Waals surface area contributed by atoms with E-state index in [9.17, 15) is 4.79 Å². The fourth-order valence-corrected chi connectivity index (χ4v) is 3.89. The van der Waals surface area contributed by atoms with E-state index in [1.807, 2.05) is 41.3 Å². The average molecular weight is 414 g/mol. The normalized spacial score (nSPS) is 15.2. The number of hydrogen-bond acceptors (Lipinski definition) is 3. The molecule has 0 aliphatic carbocycles. The number of carbonyl (C=O) groups excluding carboxylic acids is 1. The first-order valence-corrected chi connectivity index (χ1v) is 10.2. The van der Waals surface area contributed by atoms with Gasteiger partial charge in [0.05, 0.1) is 26.8 Å². The summed E-state index contributed by atoms with van der Waals surface area (Å²) in [4.78, 5) is 22.4. The van der Waals surface area contributed by atoms with Crippen LogP contribution in [-0.2, 0) is 0 Å². The lowest BCUT2D eigenvalue weighted by Gasteiger charge is -2.34. The van der Waals surface area contributed by atoms with Gasteiger partial charge in [-0.05, 0) is 30.8 Å². The molecule has 0 atom stereocenters. The number of rotatable bonds is 3. The van der Waals surface area contributed by atoms with Crippen LogP contribution in [0, 0.1) is 0 Å². The van der Waals surface area contributed by atoms with Crippen molar-refractivity contribution in [2.24, 2.45) is 0 Å². The van der Waals surface area contributed by atoms with Gasteiger partial charge in [-0.1, -0.05) is 54.4 Å². The summed E-state index contributed by atoms with van der Waals surface area (Å²) in [6.45, 7) is 6.46. The second-order valence-corrected chi connectivity index (χ2v) is 7.74. The highest BCUT2D eigenvalue weighted by Gasteiger charge is 2.23. The Labute approximate surface area is 174 Å². The monoisotopic (exact) mass is 413 g/mol. The third-order valence-electron chi connectivity index (χ3n) is 5.27. The molecule has 6 heteroatoms. The van der Waals surface area contributed by atoms with Crippen molar-refractivity contribution in [2.75, 3.05) is 32.7 Å². The molecule has 1 fully saturated rings. The van der Waals surface area contributed by atoms with E-state index in [1.54, 1.807) is 12.1 Å². The Hall–Kier alpha value is -2.14. The molecule has 0 saturated carbocycles. The molecule has 1 amide bonds. The van der Waals surface area contributed by atoms with Crippen LogP contribution in [0.3, 0.4) is 0 Å². The highest BCUT2D eigenvalue weighted by molar-refractivity contribution is 6.42. The van der Waals surface area contributed by atoms with E-state index in [0.29, 0.717) is 21.3 Å². The summed E-state index contributed by atoms with van der Waals surface area (Å²) in [5.41, 5.74) is 3.02. The van der Waals surface area contributed by atoms with Crippen molar-refractivity contribution in [2.45, 2.75) is 6.92 Å². The summed E-state index contributed by atoms with van der Waals surface area (Å²) in [5, 5.41) is 1.84. The molecule has 2 aromatic carbocycles. The molecule has 1 saturated heterocycles. The number of carbonyl (C=O) groups is 1. The molecule has 4 nitrogen and oxygen atoms in total. The van der Waals surface area contributed by atoms with Gasteiger partial charge in [0.15, 0.2) is 0 Å². The lowest BCUT2D eigenvalue weighted by molar-refractivity contribution is 0.0645. The van der Waals surface area contributed by atoms with E-state index < -0.39 is 0 Å². The summed E-state index contributed by atoms with van der Waals surface area (Å²) in [6.07, 6.45) is 0. The number of amides is 1. The summed E-state index contributed by atoms with van der Waals surface area (Å²) in [7, 11) is 0. The molecule has 0 unspecified atom stereocenters. The summed E-state index contributed by atoms with van der Waals surface area (Å²) >= 11 is 12.2. The minimum atomic E-state index is 0.0515. The van der Waals surface area contributed by atoms with Crippen LogP contribution in [-0.4, -0.2) is 53.4 Å². The SMILES string of the molecule is CCN1CCN(C(=O)c2cc(-c3ccc(Cl)c(Cl)c3)nc3ccccc23)CC1. The first-order valence-electron chi connectivity index (χ1n) is 9.43. The van der Waals surface area contributed by atoms with Crippen LogP contribution in [0.15, 0.2) is 48.5 Å². The molecule has 1 aliphatic rings. The van der Waals surface area contributed by atoms with E-state index in [0.717, 1.165) is 49.2 Å². The number of pyridine rings is 1. The topological polar surface area (TPSA) is 36.4 Å². The standard InChI is InChI=1S/C22H21Cl2N3O/c1-2-26-9-11-27(12-10-26)22(28)17-14-21(15-7-8-18(23)19(24)13-15)25-20-6-4-3-5-16(17)20/h3-8,13-14H,2,9-12H2,1H3. The van der Waals surface area contributed by atoms with Gasteiger partial charge in [0.25, 0.3) is 5.91 Å². The lowest BCUT2D eigenvalue weighted by Crippen LogP contribution is -2.48. The maximum atomic E-state index is 13.3. The number of halogens is 2. The number of para-hydroxylation sites is 1. The Kier molecular flexibility index (Phi) is 5.54. The van der Waals surface area contributed by atoms with Gasteiger partial charge in [-0.2, -0.15) is 0 Å². The van der Waals surface area contributed by atoms with Gasteiger partial charge < -0.3 is 9.80 Å². The van der Waals surface area contributed by atoms with Crippen molar-refractivity contribution in [1.82, 2.24) is 14.8 Å². The Balaban J connectivity index is 1.76. The highest BCUT2D eigenvalue weighted by atomic mass is 35.5. The molecule has 0 bridgehead atoms. The van der Waals surface area contributed by atoms with E-state index >= 15 is 0 Å². The van der Waals surface area contributed by atoms with Crippen molar-refractivity contribution in [3.63, 3.8) is 0 Å². The van der Waals surface area contributed by atoms with Gasteiger partial charge in [0.1, 0.15) is 0 Å². The number of likely N-dealkylation sites (N-methyl/N-ethyl adjacent to an activating group) is 1. The Morgan fingerprint density at radius 2 is 1.75 bits per heavy atom. The zero-order valence-electron chi connectivity index (χ0n) is 15.7. The van der Waals surface area contributed by atoms with Crippen molar-refractivity contribution in [3.05, 3.63) is 64.1 Å². The Morgan fingerprint density at radius 3 is 2.46 bits per heavy atom. The van der Waals surface area contributed by atoms with Crippen LogP contribution in [0.5, 0.6) is 0 Å². The largest absolute Gasteiger partial charge is 0.336 e. The average Bonchev–Trinajstić information content (AvgIpc) is 2.74. The van der Waals surface area contributed by atoms with Crippen LogP contribution in [0.2, 0.25) is 10.0 Å². The number of fused-ring (bicyclic) bond motifs is 1. The molecule has 0 N–H and O–H groups in total. The first-order chi connectivity index (χ1) is 13.6. The molecule has 144 valence electrons. The zero-order valence-corrected chi connectivity index (χ0v) is 17.2. The van der Waals surface area contributed by atoms with Gasteiger partial charge >= 0.3 is 0 Å². The van der Waals surface area contributed by atoms with Crippen LogP contribution >= 0.6 is 23.2 Å². The van der Waals surface area contributed by atoms with Gasteiger partial charge in [-0.3, -0.25) is 4.79 Å². The smallest absolute Gasteiger partial charge is 0.254 e. The second-order valence-electron chi connectivity index (χ2n) is 6.93. The van der Waals surface area contributed by atoms with Crippen LogP contribution < -0.4 is 0 Å². The number of nitrogens with zero attached hydrogens (tertiary/aromatic N) is 3. The Bertz CT molecular complexity index is 1030. The fraction of sp³-hybridized carbons (Fsp3) is 0.273. The third-order valence-corrected chi connectivity index (χ3v) is 6.01.